The van der Waals surface area contributed by atoms with Gasteiger partial charge in [0, 0.05) is 61.3 Å². The zero-order valence-corrected chi connectivity index (χ0v) is 29.8. The van der Waals surface area contributed by atoms with Crippen LogP contribution in [0, 0.1) is 31.1 Å². The number of nitrogens with zero attached hydrogens (tertiary/aromatic N) is 5. The van der Waals surface area contributed by atoms with E-state index in [1.165, 1.54) is 0 Å². The summed E-state index contributed by atoms with van der Waals surface area (Å²) in [7, 11) is 0. The number of fused-ring (bicyclic) bond motifs is 2. The van der Waals surface area contributed by atoms with Crippen LogP contribution in [0.1, 0.15) is 53.5 Å². The molecule has 2 aliphatic rings. The number of benzene rings is 3. The van der Waals surface area contributed by atoms with Gasteiger partial charge in [-0.3, -0.25) is 14.7 Å². The number of nitrogens with one attached hydrogen (secondary N) is 2. The maximum absolute atomic E-state index is 11.4. The summed E-state index contributed by atoms with van der Waals surface area (Å²) in [5, 5.41) is 37.3. The van der Waals surface area contributed by atoms with Gasteiger partial charge in [-0.1, -0.05) is 24.3 Å². The first kappa shape index (κ1) is 34.4. The Balaban J connectivity index is 1.05. The molecule has 6 aromatic rings. The zero-order chi connectivity index (χ0) is 36.6. The number of carboxylic acids is 1. The molecule has 11 heteroatoms. The van der Waals surface area contributed by atoms with E-state index in [-0.39, 0.29) is 18.1 Å². The fourth-order valence-corrected chi connectivity index (χ4v) is 7.89. The van der Waals surface area contributed by atoms with Crippen LogP contribution in [-0.4, -0.2) is 61.3 Å². The summed E-state index contributed by atoms with van der Waals surface area (Å²) in [6.07, 6.45) is 6.35. The van der Waals surface area contributed by atoms with Crippen molar-refractivity contribution < 1.29 is 19.4 Å². The minimum atomic E-state index is -0.738. The largest absolute Gasteiger partial charge is 0.481 e. The Labute approximate surface area is 307 Å². The molecule has 8 rings (SSSR count). The molecule has 1 saturated carbocycles. The van der Waals surface area contributed by atoms with Crippen molar-refractivity contribution in [3.63, 3.8) is 0 Å². The van der Waals surface area contributed by atoms with Gasteiger partial charge >= 0.3 is 5.97 Å². The van der Waals surface area contributed by atoms with E-state index in [9.17, 15) is 20.3 Å². The predicted molar refractivity (Wildman–Crippen MR) is 203 cm³/mol. The topological polar surface area (TPSA) is 160 Å². The molecule has 3 aromatic carbocycles. The first-order valence-electron chi connectivity index (χ1n) is 18.1. The number of oxazole rings is 1. The third-order valence-corrected chi connectivity index (χ3v) is 10.8. The molecule has 4 N–H and O–H groups in total. The SMILES string of the molecule is Cc1c(Nc2nccc3cc(CN4CCC(O)C4)cnc23)cccc1-c1cccc(-c2nc3cc(CN[C@@H]4CC[C@H](C(=O)O)C4)cc(C#N)c3o2)c1C. The molecular weight excluding hydrogens is 667 g/mol. The number of aliphatic hydroxyl groups excluding tert-OH is 1. The van der Waals surface area contributed by atoms with Gasteiger partial charge in [0.2, 0.25) is 5.89 Å². The lowest BCUT2D eigenvalue weighted by Crippen LogP contribution is -2.26. The number of hydrogen-bond acceptors (Lipinski definition) is 10. The number of hydrogen-bond donors (Lipinski definition) is 4. The Bertz CT molecular complexity index is 2400. The van der Waals surface area contributed by atoms with E-state index in [0.29, 0.717) is 54.3 Å². The van der Waals surface area contributed by atoms with E-state index in [1.807, 2.05) is 48.7 Å². The molecule has 11 nitrogen and oxygen atoms in total. The Kier molecular flexibility index (Phi) is 9.35. The van der Waals surface area contributed by atoms with Crippen molar-refractivity contribution >= 4 is 39.5 Å². The van der Waals surface area contributed by atoms with Crippen molar-refractivity contribution in [3.05, 3.63) is 101 Å². The molecule has 2 fully saturated rings. The van der Waals surface area contributed by atoms with E-state index in [0.717, 1.165) is 81.5 Å². The summed E-state index contributed by atoms with van der Waals surface area (Å²) in [6.45, 7) is 6.99. The Morgan fingerprint density at radius 1 is 1.00 bits per heavy atom. The van der Waals surface area contributed by atoms with Gasteiger partial charge in [0.15, 0.2) is 11.4 Å². The molecular formula is C42H41N7O4. The molecule has 53 heavy (non-hydrogen) atoms. The van der Waals surface area contributed by atoms with Crippen LogP contribution in [-0.2, 0) is 17.9 Å². The van der Waals surface area contributed by atoms with Crippen LogP contribution in [0.3, 0.4) is 0 Å². The standard InChI is InChI=1S/C42H41N7O4/c1-24-33(5-3-7-35(24)41-48-37-17-26(15-30(19-43)39(37)53-41)20-45-31-10-9-29(18-31)42(51)52)34-6-4-8-36(25(34)2)47-40-38-28(11-13-44-40)16-27(21-46-38)22-49-14-12-32(50)23-49/h3-8,11,13,15-17,21,29,31-32,45,50H,9-10,12,14,18,20,22-23H2,1-2H3,(H,44,47)(H,51,52)/t29-,31+,32?/m0/s1. The lowest BCUT2D eigenvalue weighted by molar-refractivity contribution is -0.141. The highest BCUT2D eigenvalue weighted by Crippen LogP contribution is 2.38. The zero-order valence-electron chi connectivity index (χ0n) is 29.8. The molecule has 1 unspecified atom stereocenters. The van der Waals surface area contributed by atoms with Crippen molar-refractivity contribution in [3.8, 4) is 28.7 Å². The average molecular weight is 708 g/mol. The van der Waals surface area contributed by atoms with Gasteiger partial charge in [0.1, 0.15) is 17.1 Å². The number of rotatable bonds is 10. The third-order valence-electron chi connectivity index (χ3n) is 10.8. The Morgan fingerprint density at radius 2 is 1.81 bits per heavy atom. The monoisotopic (exact) mass is 707 g/mol. The van der Waals surface area contributed by atoms with Crippen LogP contribution in [0.4, 0.5) is 11.5 Å². The van der Waals surface area contributed by atoms with Crippen LogP contribution in [0.25, 0.3) is 44.6 Å². The lowest BCUT2D eigenvalue weighted by atomic mass is 9.93. The molecule has 268 valence electrons. The van der Waals surface area contributed by atoms with Gasteiger partial charge in [-0.25, -0.2) is 9.97 Å². The van der Waals surface area contributed by atoms with E-state index >= 15 is 0 Å². The summed E-state index contributed by atoms with van der Waals surface area (Å²) < 4.78 is 6.28. The number of aliphatic carboxylic acids is 1. The minimum Gasteiger partial charge on any atom is -0.481 e. The molecule has 1 saturated heterocycles. The fourth-order valence-electron chi connectivity index (χ4n) is 7.89. The van der Waals surface area contributed by atoms with Crippen molar-refractivity contribution in [1.82, 2.24) is 25.2 Å². The first-order chi connectivity index (χ1) is 25.7. The smallest absolute Gasteiger partial charge is 0.306 e. The summed E-state index contributed by atoms with van der Waals surface area (Å²) in [6, 6.07) is 22.5. The molecule has 0 radical (unpaired) electrons. The highest BCUT2D eigenvalue weighted by molar-refractivity contribution is 5.91. The van der Waals surface area contributed by atoms with E-state index < -0.39 is 5.97 Å². The van der Waals surface area contributed by atoms with Crippen LogP contribution in [0.15, 0.2) is 77.5 Å². The summed E-state index contributed by atoms with van der Waals surface area (Å²) in [5.41, 5.74) is 10.2. The first-order valence-corrected chi connectivity index (χ1v) is 18.1. The normalized spacial score (nSPS) is 18.9. The van der Waals surface area contributed by atoms with Gasteiger partial charge in [-0.15, -0.1) is 0 Å². The van der Waals surface area contributed by atoms with Crippen LogP contribution in [0.5, 0.6) is 0 Å². The minimum absolute atomic E-state index is 0.127. The molecule has 3 aromatic heterocycles. The fraction of sp³-hybridized carbons (Fsp3) is 0.310. The second-order valence-corrected chi connectivity index (χ2v) is 14.4. The van der Waals surface area contributed by atoms with Crippen molar-refractivity contribution in [2.45, 2.75) is 64.8 Å². The van der Waals surface area contributed by atoms with Gasteiger partial charge in [-0.2, -0.15) is 5.26 Å². The van der Waals surface area contributed by atoms with Gasteiger partial charge in [-0.05, 0) is 109 Å². The maximum atomic E-state index is 11.4. The number of carbonyl (C=O) groups is 1. The third kappa shape index (κ3) is 6.97. The van der Waals surface area contributed by atoms with Crippen molar-refractivity contribution in [2.24, 2.45) is 5.92 Å². The molecule has 0 bridgehead atoms. The average Bonchev–Trinajstić information content (AvgIpc) is 3.92. The number of likely N-dealkylation sites (tertiary alicyclic amines) is 1. The molecule has 3 atom stereocenters. The number of carboxylic acid groups (broad SMARTS) is 1. The number of β-amino-alcohol motifs (C(OH)–C–C–N with tert-alkyl or cyclic N) is 1. The van der Waals surface area contributed by atoms with E-state index in [2.05, 4.69) is 58.6 Å². The molecule has 0 amide bonds. The molecule has 0 spiro atoms. The predicted octanol–water partition coefficient (Wildman–Crippen LogP) is 7.25. The molecule has 1 aliphatic carbocycles. The van der Waals surface area contributed by atoms with Crippen molar-refractivity contribution in [2.75, 3.05) is 18.4 Å². The second-order valence-electron chi connectivity index (χ2n) is 14.4. The summed E-state index contributed by atoms with van der Waals surface area (Å²) in [4.78, 5) is 28.0. The Hall–Kier alpha value is -5.67. The number of aliphatic hydroxyl groups is 1. The number of pyridine rings is 2. The van der Waals surface area contributed by atoms with Gasteiger partial charge in [0.05, 0.1) is 17.6 Å². The highest BCUT2D eigenvalue weighted by atomic mass is 16.4. The number of aromatic nitrogens is 3. The van der Waals surface area contributed by atoms with Crippen LogP contribution in [0.2, 0.25) is 0 Å². The van der Waals surface area contributed by atoms with Crippen LogP contribution >= 0.6 is 0 Å². The second kappa shape index (κ2) is 14.4. The Morgan fingerprint density at radius 3 is 2.58 bits per heavy atom. The summed E-state index contributed by atoms with van der Waals surface area (Å²) in [5.74, 6) is 0.0786. The van der Waals surface area contributed by atoms with E-state index in [4.69, 9.17) is 14.4 Å². The molecule has 4 heterocycles. The number of anilines is 2. The van der Waals surface area contributed by atoms with E-state index in [1.54, 1.807) is 6.20 Å². The highest BCUT2D eigenvalue weighted by Gasteiger charge is 2.29. The van der Waals surface area contributed by atoms with Crippen LogP contribution < -0.4 is 10.6 Å². The quantitative estimate of drug-likeness (QED) is 0.114. The molecule has 1 aliphatic heterocycles. The van der Waals surface area contributed by atoms with Gasteiger partial charge in [0.25, 0.3) is 0 Å². The maximum Gasteiger partial charge on any atom is 0.306 e. The number of nitriles is 1. The lowest BCUT2D eigenvalue weighted by Gasteiger charge is -2.17. The van der Waals surface area contributed by atoms with Crippen molar-refractivity contribution in [1.29, 1.82) is 5.26 Å². The summed E-state index contributed by atoms with van der Waals surface area (Å²) >= 11 is 0. The van der Waals surface area contributed by atoms with Gasteiger partial charge < -0.3 is 25.3 Å².